The van der Waals surface area contributed by atoms with Gasteiger partial charge in [0.15, 0.2) is 0 Å². The number of carbonyl (C=O) groups excluding carboxylic acids is 1. The summed E-state index contributed by atoms with van der Waals surface area (Å²) in [5, 5.41) is 0. The van der Waals surface area contributed by atoms with Crippen LogP contribution in [-0.4, -0.2) is 18.9 Å². The van der Waals surface area contributed by atoms with E-state index in [2.05, 4.69) is 17.0 Å². The van der Waals surface area contributed by atoms with E-state index >= 15 is 0 Å². The molecule has 1 aliphatic heterocycles. The Morgan fingerprint density at radius 2 is 2.00 bits per heavy atom. The molecule has 1 saturated carbocycles. The summed E-state index contributed by atoms with van der Waals surface area (Å²) in [5.41, 5.74) is 2.05. The molecule has 0 N–H and O–H groups in total. The molecule has 0 amide bonds. The van der Waals surface area contributed by atoms with Crippen LogP contribution in [0.2, 0.25) is 0 Å². The Kier molecular flexibility index (Phi) is 2.01. The molecular formula is C13H15NO. The lowest BCUT2D eigenvalue weighted by Crippen LogP contribution is -2.31. The molecule has 3 rings (SSSR count). The van der Waals surface area contributed by atoms with E-state index in [1.165, 1.54) is 31.5 Å². The Hall–Kier alpha value is -1.31. The van der Waals surface area contributed by atoms with Crippen LogP contribution in [0.1, 0.15) is 29.6 Å². The van der Waals surface area contributed by atoms with Crippen molar-refractivity contribution >= 4 is 12.0 Å². The molecule has 2 bridgehead atoms. The maximum Gasteiger partial charge on any atom is 0.150 e. The Morgan fingerprint density at radius 3 is 2.53 bits per heavy atom. The van der Waals surface area contributed by atoms with E-state index in [-0.39, 0.29) is 0 Å². The molecule has 0 aromatic heterocycles. The zero-order valence-electron chi connectivity index (χ0n) is 8.73. The predicted octanol–water partition coefficient (Wildman–Crippen LogP) is 2.49. The Bertz CT molecular complexity index is 371. The van der Waals surface area contributed by atoms with Gasteiger partial charge in [0.05, 0.1) is 0 Å². The fraction of sp³-hybridized carbons (Fsp3) is 0.462. The topological polar surface area (TPSA) is 20.3 Å². The van der Waals surface area contributed by atoms with Crippen LogP contribution in [0.25, 0.3) is 0 Å². The molecule has 1 aliphatic carbocycles. The van der Waals surface area contributed by atoms with Gasteiger partial charge in [-0.15, -0.1) is 0 Å². The van der Waals surface area contributed by atoms with Crippen LogP contribution >= 0.6 is 0 Å². The number of fused-ring (bicyclic) bond motifs is 2. The Balaban J connectivity index is 1.84. The fourth-order valence-corrected chi connectivity index (χ4v) is 2.99. The van der Waals surface area contributed by atoms with Gasteiger partial charge in [-0.1, -0.05) is 0 Å². The number of benzene rings is 1. The van der Waals surface area contributed by atoms with Gasteiger partial charge in [0.1, 0.15) is 6.29 Å². The summed E-state index contributed by atoms with van der Waals surface area (Å²) in [4.78, 5) is 13.1. The molecular weight excluding hydrogens is 186 g/mol. The van der Waals surface area contributed by atoms with Crippen molar-refractivity contribution in [2.45, 2.75) is 25.3 Å². The largest absolute Gasteiger partial charge is 0.368 e. The van der Waals surface area contributed by atoms with Gasteiger partial charge in [0.2, 0.25) is 0 Å². The predicted molar refractivity (Wildman–Crippen MR) is 60.3 cm³/mol. The molecule has 2 heteroatoms. The molecule has 15 heavy (non-hydrogen) atoms. The molecule has 0 spiro atoms. The number of rotatable bonds is 2. The summed E-state index contributed by atoms with van der Waals surface area (Å²) in [6.45, 7) is 1.21. The van der Waals surface area contributed by atoms with Crippen molar-refractivity contribution in [2.75, 3.05) is 11.4 Å². The van der Waals surface area contributed by atoms with Crippen molar-refractivity contribution in [1.82, 2.24) is 0 Å². The summed E-state index contributed by atoms with van der Waals surface area (Å²) < 4.78 is 0. The lowest BCUT2D eigenvalue weighted by Gasteiger charge is -2.29. The quantitative estimate of drug-likeness (QED) is 0.685. The first-order valence-corrected chi connectivity index (χ1v) is 5.69. The highest BCUT2D eigenvalue weighted by molar-refractivity contribution is 5.75. The second kappa shape index (κ2) is 3.37. The molecule has 2 unspecified atom stereocenters. The number of carbonyl (C=O) groups is 1. The zero-order chi connectivity index (χ0) is 10.3. The fourth-order valence-electron chi connectivity index (χ4n) is 2.99. The van der Waals surface area contributed by atoms with E-state index in [0.29, 0.717) is 0 Å². The smallest absolute Gasteiger partial charge is 0.150 e. The summed E-state index contributed by atoms with van der Waals surface area (Å²) in [6, 6.07) is 8.73. The molecule has 2 aliphatic rings. The van der Waals surface area contributed by atoms with Crippen LogP contribution < -0.4 is 4.90 Å². The van der Waals surface area contributed by atoms with Crippen LogP contribution in [0, 0.1) is 5.92 Å². The molecule has 1 saturated heterocycles. The Labute approximate surface area is 89.9 Å². The SMILES string of the molecule is O=Cc1ccc(N2CC3CCC2C3)cc1. The highest BCUT2D eigenvalue weighted by Crippen LogP contribution is 2.39. The van der Waals surface area contributed by atoms with E-state index in [9.17, 15) is 4.79 Å². The first-order chi connectivity index (χ1) is 7.36. The molecule has 2 nitrogen and oxygen atoms in total. The van der Waals surface area contributed by atoms with Gasteiger partial charge >= 0.3 is 0 Å². The van der Waals surface area contributed by atoms with E-state index in [1.807, 2.05) is 12.1 Å². The van der Waals surface area contributed by atoms with Crippen molar-refractivity contribution < 1.29 is 4.79 Å². The Morgan fingerprint density at radius 1 is 1.20 bits per heavy atom. The lowest BCUT2D eigenvalue weighted by molar-refractivity contribution is 0.112. The first kappa shape index (κ1) is 8.96. The number of anilines is 1. The second-order valence-corrected chi connectivity index (χ2v) is 4.69. The second-order valence-electron chi connectivity index (χ2n) is 4.69. The van der Waals surface area contributed by atoms with Gasteiger partial charge in [-0.05, 0) is 49.4 Å². The molecule has 78 valence electrons. The van der Waals surface area contributed by atoms with Crippen molar-refractivity contribution in [3.05, 3.63) is 29.8 Å². The van der Waals surface area contributed by atoms with Crippen LogP contribution in [0.5, 0.6) is 0 Å². The standard InChI is InChI=1S/C13H15NO/c15-9-10-1-4-12(5-2-10)14-8-11-3-6-13(14)7-11/h1-2,4-5,9,11,13H,3,6-8H2. The average molecular weight is 201 g/mol. The molecule has 1 heterocycles. The highest BCUT2D eigenvalue weighted by Gasteiger charge is 2.37. The number of nitrogens with zero attached hydrogens (tertiary/aromatic N) is 1. The zero-order valence-corrected chi connectivity index (χ0v) is 8.73. The molecule has 1 aromatic carbocycles. The third-order valence-corrected chi connectivity index (χ3v) is 3.77. The normalized spacial score (nSPS) is 28.4. The number of piperidine rings is 1. The summed E-state index contributed by atoms with van der Waals surface area (Å²) in [7, 11) is 0. The summed E-state index contributed by atoms with van der Waals surface area (Å²) in [6.07, 6.45) is 5.03. The van der Waals surface area contributed by atoms with Crippen LogP contribution in [0.3, 0.4) is 0 Å². The minimum atomic E-state index is 0.761. The highest BCUT2D eigenvalue weighted by atomic mass is 16.1. The van der Waals surface area contributed by atoms with Gasteiger partial charge in [-0.25, -0.2) is 0 Å². The van der Waals surface area contributed by atoms with Gasteiger partial charge in [-0.2, -0.15) is 0 Å². The van der Waals surface area contributed by atoms with Gasteiger partial charge in [0.25, 0.3) is 0 Å². The van der Waals surface area contributed by atoms with Gasteiger partial charge in [0, 0.05) is 23.8 Å². The van der Waals surface area contributed by atoms with Crippen molar-refractivity contribution in [3.63, 3.8) is 0 Å². The van der Waals surface area contributed by atoms with Crippen molar-refractivity contribution in [3.8, 4) is 0 Å². The molecule has 2 atom stereocenters. The van der Waals surface area contributed by atoms with Crippen LogP contribution in [-0.2, 0) is 0 Å². The summed E-state index contributed by atoms with van der Waals surface area (Å²) >= 11 is 0. The third-order valence-electron chi connectivity index (χ3n) is 3.77. The van der Waals surface area contributed by atoms with Crippen LogP contribution in [0.4, 0.5) is 5.69 Å². The van der Waals surface area contributed by atoms with E-state index in [4.69, 9.17) is 0 Å². The third kappa shape index (κ3) is 1.44. The van der Waals surface area contributed by atoms with Crippen molar-refractivity contribution in [1.29, 1.82) is 0 Å². The van der Waals surface area contributed by atoms with E-state index in [0.717, 1.165) is 23.8 Å². The summed E-state index contributed by atoms with van der Waals surface area (Å²) in [5.74, 6) is 0.917. The van der Waals surface area contributed by atoms with E-state index < -0.39 is 0 Å². The maximum absolute atomic E-state index is 10.6. The lowest BCUT2D eigenvalue weighted by atomic mass is 10.1. The molecule has 2 fully saturated rings. The van der Waals surface area contributed by atoms with Crippen molar-refractivity contribution in [2.24, 2.45) is 5.92 Å². The average Bonchev–Trinajstić information content (AvgIpc) is 2.91. The number of aldehydes is 1. The number of hydrogen-bond donors (Lipinski definition) is 0. The van der Waals surface area contributed by atoms with E-state index in [1.54, 1.807) is 0 Å². The van der Waals surface area contributed by atoms with Gasteiger partial charge in [-0.3, -0.25) is 4.79 Å². The minimum absolute atomic E-state index is 0.761. The molecule has 0 radical (unpaired) electrons. The number of hydrogen-bond acceptors (Lipinski definition) is 2. The maximum atomic E-state index is 10.6. The van der Waals surface area contributed by atoms with Gasteiger partial charge < -0.3 is 4.90 Å². The monoisotopic (exact) mass is 201 g/mol. The molecule has 1 aromatic rings. The van der Waals surface area contributed by atoms with Crippen LogP contribution in [0.15, 0.2) is 24.3 Å². The first-order valence-electron chi connectivity index (χ1n) is 5.69. The minimum Gasteiger partial charge on any atom is -0.368 e.